The Bertz CT molecular complexity index is 1070. The smallest absolute Gasteiger partial charge is 0.228 e. The summed E-state index contributed by atoms with van der Waals surface area (Å²) in [5, 5.41) is 8.36. The lowest BCUT2D eigenvalue weighted by atomic mass is 9.88. The van der Waals surface area contributed by atoms with Crippen molar-refractivity contribution in [2.45, 2.75) is 51.5 Å². The summed E-state index contributed by atoms with van der Waals surface area (Å²) in [6, 6.07) is 9.09. The first kappa shape index (κ1) is 16.8. The number of benzene rings is 1. The van der Waals surface area contributed by atoms with Crippen molar-refractivity contribution in [3.63, 3.8) is 0 Å². The standard InChI is InChI=1S/C21H22ClN5/c1-12(2)18-11-23-27-19(18)25-20(22)26-21(27)24-15-8-7-14-9-13-5-3-4-6-16(13)17(14)10-15/h3-6,11-12,15H,7-10H2,1-2H3,(H,24,25,26)/t15-/m1/s1. The second-order valence-electron chi connectivity index (χ2n) is 7.81. The molecule has 2 heterocycles. The molecule has 5 nitrogen and oxygen atoms in total. The van der Waals surface area contributed by atoms with Crippen molar-refractivity contribution >= 4 is 28.8 Å². The highest BCUT2D eigenvalue weighted by molar-refractivity contribution is 6.28. The van der Waals surface area contributed by atoms with Crippen LogP contribution in [0.4, 0.5) is 5.95 Å². The van der Waals surface area contributed by atoms with Gasteiger partial charge in [0.15, 0.2) is 5.65 Å². The van der Waals surface area contributed by atoms with Gasteiger partial charge < -0.3 is 5.32 Å². The highest BCUT2D eigenvalue weighted by atomic mass is 35.5. The van der Waals surface area contributed by atoms with E-state index in [0.717, 1.165) is 36.9 Å². The van der Waals surface area contributed by atoms with Crippen molar-refractivity contribution in [3.05, 3.63) is 58.0 Å². The predicted octanol–water partition coefficient (Wildman–Crippen LogP) is 4.88. The highest BCUT2D eigenvalue weighted by Gasteiger charge is 2.28. The van der Waals surface area contributed by atoms with E-state index in [9.17, 15) is 0 Å². The summed E-state index contributed by atoms with van der Waals surface area (Å²) in [6.45, 7) is 4.26. The van der Waals surface area contributed by atoms with Crippen molar-refractivity contribution in [1.29, 1.82) is 0 Å². The fraction of sp³-hybridized carbons (Fsp3) is 0.381. The molecule has 0 saturated heterocycles. The highest BCUT2D eigenvalue weighted by Crippen LogP contribution is 2.42. The third kappa shape index (κ3) is 2.81. The zero-order valence-electron chi connectivity index (χ0n) is 15.5. The number of fused-ring (bicyclic) bond motifs is 3. The third-order valence-corrected chi connectivity index (χ3v) is 5.91. The molecule has 1 atom stereocenters. The molecule has 0 radical (unpaired) electrons. The van der Waals surface area contributed by atoms with Crippen LogP contribution in [0.1, 0.15) is 55.7 Å². The van der Waals surface area contributed by atoms with Gasteiger partial charge in [-0.15, -0.1) is 0 Å². The van der Waals surface area contributed by atoms with E-state index in [2.05, 4.69) is 58.5 Å². The molecule has 1 aromatic carbocycles. The molecule has 5 rings (SSSR count). The van der Waals surface area contributed by atoms with Crippen LogP contribution < -0.4 is 5.32 Å². The van der Waals surface area contributed by atoms with Gasteiger partial charge >= 0.3 is 0 Å². The molecule has 3 aromatic rings. The largest absolute Gasteiger partial charge is 0.351 e. The van der Waals surface area contributed by atoms with Crippen LogP contribution >= 0.6 is 11.6 Å². The molecule has 0 fully saturated rings. The van der Waals surface area contributed by atoms with Crippen molar-refractivity contribution in [1.82, 2.24) is 19.6 Å². The topological polar surface area (TPSA) is 55.1 Å². The number of anilines is 1. The fourth-order valence-corrected chi connectivity index (χ4v) is 4.52. The Morgan fingerprint density at radius 2 is 2.07 bits per heavy atom. The lowest BCUT2D eigenvalue weighted by molar-refractivity contribution is 0.625. The van der Waals surface area contributed by atoms with E-state index in [4.69, 9.17) is 11.6 Å². The number of rotatable bonds is 3. The van der Waals surface area contributed by atoms with Crippen molar-refractivity contribution < 1.29 is 0 Å². The summed E-state index contributed by atoms with van der Waals surface area (Å²) >= 11 is 6.22. The van der Waals surface area contributed by atoms with E-state index in [-0.39, 0.29) is 5.28 Å². The van der Waals surface area contributed by atoms with E-state index < -0.39 is 0 Å². The summed E-state index contributed by atoms with van der Waals surface area (Å²) in [5.74, 6) is 1.01. The predicted molar refractivity (Wildman–Crippen MR) is 108 cm³/mol. The van der Waals surface area contributed by atoms with Crippen LogP contribution in [0.2, 0.25) is 5.28 Å². The average molecular weight is 380 g/mol. The van der Waals surface area contributed by atoms with Gasteiger partial charge in [0.05, 0.1) is 6.20 Å². The zero-order valence-corrected chi connectivity index (χ0v) is 16.3. The van der Waals surface area contributed by atoms with Crippen molar-refractivity contribution in [2.24, 2.45) is 0 Å². The van der Waals surface area contributed by atoms with Crippen LogP contribution in [0.3, 0.4) is 0 Å². The van der Waals surface area contributed by atoms with E-state index >= 15 is 0 Å². The first-order valence-corrected chi connectivity index (χ1v) is 9.95. The SMILES string of the molecule is CC(C)c1cnn2c(N[C@@H]3CCC4=C(C3)c3ccccc3C4)nc(Cl)nc12. The van der Waals surface area contributed by atoms with Crippen LogP contribution in [0.25, 0.3) is 11.2 Å². The Kier molecular flexibility index (Phi) is 3.93. The summed E-state index contributed by atoms with van der Waals surface area (Å²) in [7, 11) is 0. The average Bonchev–Trinajstić information content (AvgIpc) is 3.23. The number of aromatic nitrogens is 4. The lowest BCUT2D eigenvalue weighted by Gasteiger charge is -2.26. The van der Waals surface area contributed by atoms with Gasteiger partial charge in [-0.2, -0.15) is 19.6 Å². The Labute approximate surface area is 163 Å². The van der Waals surface area contributed by atoms with E-state index in [1.807, 2.05) is 6.20 Å². The van der Waals surface area contributed by atoms with Crippen LogP contribution in [0.15, 0.2) is 36.0 Å². The van der Waals surface area contributed by atoms with E-state index in [1.165, 1.54) is 16.7 Å². The molecule has 0 saturated carbocycles. The summed E-state index contributed by atoms with van der Waals surface area (Å²) in [4.78, 5) is 8.82. The first-order valence-electron chi connectivity index (χ1n) is 9.57. The number of halogens is 1. The van der Waals surface area contributed by atoms with E-state index in [1.54, 1.807) is 10.1 Å². The molecular formula is C21H22ClN5. The molecule has 0 spiro atoms. The molecule has 27 heavy (non-hydrogen) atoms. The van der Waals surface area contributed by atoms with Gasteiger partial charge in [-0.1, -0.05) is 43.7 Å². The molecule has 1 N–H and O–H groups in total. The van der Waals surface area contributed by atoms with Crippen LogP contribution in [-0.2, 0) is 6.42 Å². The molecule has 2 aliphatic rings. The fourth-order valence-electron chi connectivity index (χ4n) is 4.36. The Hall–Kier alpha value is -2.40. The maximum Gasteiger partial charge on any atom is 0.228 e. The van der Waals surface area contributed by atoms with Crippen LogP contribution in [-0.4, -0.2) is 25.6 Å². The Morgan fingerprint density at radius 3 is 2.93 bits per heavy atom. The van der Waals surface area contributed by atoms with Gasteiger partial charge in [0.2, 0.25) is 11.2 Å². The second kappa shape index (κ2) is 6.34. The number of nitrogens with one attached hydrogen (secondary N) is 1. The number of nitrogens with zero attached hydrogens (tertiary/aromatic N) is 4. The quantitative estimate of drug-likeness (QED) is 0.704. The Balaban J connectivity index is 1.45. The molecule has 0 bridgehead atoms. The van der Waals surface area contributed by atoms with Gasteiger partial charge in [-0.25, -0.2) is 0 Å². The molecule has 2 aliphatic carbocycles. The van der Waals surface area contributed by atoms with Gasteiger partial charge in [-0.3, -0.25) is 0 Å². The number of hydrogen-bond acceptors (Lipinski definition) is 4. The normalized spacial score (nSPS) is 18.9. The van der Waals surface area contributed by atoms with Gasteiger partial charge in [0, 0.05) is 11.6 Å². The first-order chi connectivity index (χ1) is 13.1. The Morgan fingerprint density at radius 1 is 1.22 bits per heavy atom. The minimum atomic E-state index is 0.259. The van der Waals surface area contributed by atoms with Gasteiger partial charge in [0.25, 0.3) is 0 Å². The molecular weight excluding hydrogens is 358 g/mol. The molecule has 6 heteroatoms. The maximum atomic E-state index is 6.22. The molecule has 0 aliphatic heterocycles. The summed E-state index contributed by atoms with van der Waals surface area (Å²) in [5.41, 5.74) is 7.86. The monoisotopic (exact) mass is 379 g/mol. The molecule has 2 aromatic heterocycles. The minimum absolute atomic E-state index is 0.259. The third-order valence-electron chi connectivity index (χ3n) is 5.74. The van der Waals surface area contributed by atoms with E-state index in [0.29, 0.717) is 17.9 Å². The van der Waals surface area contributed by atoms with Crippen LogP contribution in [0.5, 0.6) is 0 Å². The molecule has 0 unspecified atom stereocenters. The molecule has 0 amide bonds. The van der Waals surface area contributed by atoms with Gasteiger partial charge in [0.1, 0.15) is 0 Å². The number of allylic oxidation sites excluding steroid dienone is 1. The minimum Gasteiger partial charge on any atom is -0.351 e. The lowest BCUT2D eigenvalue weighted by Crippen LogP contribution is -2.25. The van der Waals surface area contributed by atoms with Crippen LogP contribution in [0, 0.1) is 0 Å². The summed E-state index contributed by atoms with van der Waals surface area (Å²) < 4.78 is 1.79. The maximum absolute atomic E-state index is 6.22. The van der Waals surface area contributed by atoms with Gasteiger partial charge in [-0.05, 0) is 59.9 Å². The number of hydrogen-bond donors (Lipinski definition) is 1. The second-order valence-corrected chi connectivity index (χ2v) is 8.14. The van der Waals surface area contributed by atoms with Crippen molar-refractivity contribution in [2.75, 3.05) is 5.32 Å². The zero-order chi connectivity index (χ0) is 18.5. The summed E-state index contributed by atoms with van der Waals surface area (Å²) in [6.07, 6.45) is 6.20. The van der Waals surface area contributed by atoms with Crippen molar-refractivity contribution in [3.8, 4) is 0 Å². The molecule has 138 valence electrons.